The van der Waals surface area contributed by atoms with Crippen molar-refractivity contribution in [2.24, 2.45) is 5.73 Å². The Kier molecular flexibility index (Phi) is 6.71. The van der Waals surface area contributed by atoms with Gasteiger partial charge in [0.25, 0.3) is 5.91 Å². The van der Waals surface area contributed by atoms with E-state index in [1.807, 2.05) is 16.7 Å². The third-order valence-corrected chi connectivity index (χ3v) is 6.93. The Morgan fingerprint density at radius 1 is 1.08 bits per heavy atom. The molecule has 0 bridgehead atoms. The summed E-state index contributed by atoms with van der Waals surface area (Å²) in [5, 5.41) is 21.9. The Balaban J connectivity index is 1.44. The number of carbonyl (C=O) groups excluding carboxylic acids is 2. The fraction of sp³-hybridized carbons (Fsp3) is 0.286. The quantitative estimate of drug-likeness (QED) is 0.275. The number of Topliss-reactive ketones (excluding diaryl/α,β-unsaturated/α-hetero) is 1. The molecule has 0 radical (unpaired) electrons. The third kappa shape index (κ3) is 4.95. The summed E-state index contributed by atoms with van der Waals surface area (Å²) >= 11 is 6.07. The highest BCUT2D eigenvalue weighted by molar-refractivity contribution is 6.31. The second-order valence-corrected chi connectivity index (χ2v) is 9.76. The van der Waals surface area contributed by atoms with Crippen molar-refractivity contribution >= 4 is 45.0 Å². The molecule has 1 heterocycles. The number of rotatable bonds is 10. The zero-order chi connectivity index (χ0) is 25.4. The number of carbonyl (C=O) groups is 2. The van der Waals surface area contributed by atoms with E-state index in [-0.39, 0.29) is 30.3 Å². The number of fused-ring (bicyclic) bond motifs is 2. The molecule has 0 saturated heterocycles. The molecule has 0 aliphatic heterocycles. The minimum absolute atomic E-state index is 0.173. The van der Waals surface area contributed by atoms with Gasteiger partial charge in [0.05, 0.1) is 18.3 Å². The SMILES string of the molecule is NC(=O)c1cc2cc(Cl)ccc2cc1OCC(=O)c1cn(CC[C@@H](O)CO)c2cc(C3CC3)ccc12. The molecule has 4 aromatic rings. The van der Waals surface area contributed by atoms with Crippen LogP contribution in [0.1, 0.15) is 51.5 Å². The van der Waals surface area contributed by atoms with Gasteiger partial charge in [-0.1, -0.05) is 29.8 Å². The maximum atomic E-state index is 13.3. The Morgan fingerprint density at radius 3 is 2.61 bits per heavy atom. The van der Waals surface area contributed by atoms with Gasteiger partial charge < -0.3 is 25.3 Å². The highest BCUT2D eigenvalue weighted by atomic mass is 35.5. The number of amides is 1. The molecule has 1 atom stereocenters. The first-order chi connectivity index (χ1) is 17.3. The highest BCUT2D eigenvalue weighted by Crippen LogP contribution is 2.41. The van der Waals surface area contributed by atoms with Gasteiger partial charge in [-0.2, -0.15) is 0 Å². The van der Waals surface area contributed by atoms with Gasteiger partial charge in [0.15, 0.2) is 6.61 Å². The normalized spacial score (nSPS) is 14.3. The van der Waals surface area contributed by atoms with Gasteiger partial charge in [0.2, 0.25) is 5.78 Å². The van der Waals surface area contributed by atoms with Crippen molar-refractivity contribution in [3.63, 3.8) is 0 Å². The lowest BCUT2D eigenvalue weighted by molar-refractivity contribution is 0.0849. The largest absolute Gasteiger partial charge is 0.485 e. The molecular weight excluding hydrogens is 480 g/mol. The van der Waals surface area contributed by atoms with Crippen LogP contribution in [0.15, 0.2) is 54.7 Å². The van der Waals surface area contributed by atoms with Gasteiger partial charge in [-0.3, -0.25) is 9.59 Å². The van der Waals surface area contributed by atoms with E-state index in [2.05, 4.69) is 12.1 Å². The molecule has 8 heteroatoms. The van der Waals surface area contributed by atoms with Crippen molar-refractivity contribution in [2.75, 3.05) is 13.2 Å². The van der Waals surface area contributed by atoms with Crippen molar-refractivity contribution in [3.8, 4) is 5.75 Å². The van der Waals surface area contributed by atoms with Crippen LogP contribution in [0, 0.1) is 0 Å². The standard InChI is InChI=1S/C28H27ClN2O5/c29-20-5-3-18-12-27(23(28(30)35)10-19(18)9-20)36-15-26(34)24-13-31(8-7-21(33)14-32)25-11-17(16-1-2-16)4-6-22(24)25/h3-6,9-13,16,21,32-33H,1-2,7-8,14-15H2,(H2,30,35)/t21-/m1/s1. The minimum Gasteiger partial charge on any atom is -0.485 e. The Hall–Kier alpha value is -3.39. The van der Waals surface area contributed by atoms with Crippen molar-refractivity contribution in [2.45, 2.75) is 37.8 Å². The second-order valence-electron chi connectivity index (χ2n) is 9.33. The Bertz CT molecular complexity index is 1470. The minimum atomic E-state index is -0.827. The first kappa shape index (κ1) is 24.3. The molecule has 4 N–H and O–H groups in total. The number of halogens is 1. The van der Waals surface area contributed by atoms with Crippen LogP contribution in [0.25, 0.3) is 21.7 Å². The van der Waals surface area contributed by atoms with Gasteiger partial charge in [-0.05, 0) is 71.8 Å². The summed E-state index contributed by atoms with van der Waals surface area (Å²) in [6.07, 6.45) is 3.63. The van der Waals surface area contributed by atoms with E-state index >= 15 is 0 Å². The zero-order valence-corrected chi connectivity index (χ0v) is 20.4. The van der Waals surface area contributed by atoms with Crippen LogP contribution in [-0.2, 0) is 6.54 Å². The number of aryl methyl sites for hydroxylation is 1. The molecule has 1 fully saturated rings. The summed E-state index contributed by atoms with van der Waals surface area (Å²) < 4.78 is 7.78. The lowest BCUT2D eigenvalue weighted by Gasteiger charge is -2.11. The summed E-state index contributed by atoms with van der Waals surface area (Å²) in [6, 6.07) is 14.7. The number of aliphatic hydroxyl groups is 2. The molecule has 0 spiro atoms. The number of ketones is 1. The van der Waals surface area contributed by atoms with Crippen LogP contribution in [0.2, 0.25) is 5.02 Å². The van der Waals surface area contributed by atoms with Crippen LogP contribution in [0.5, 0.6) is 5.75 Å². The number of aliphatic hydroxyl groups excluding tert-OH is 2. The van der Waals surface area contributed by atoms with E-state index in [9.17, 15) is 19.8 Å². The van der Waals surface area contributed by atoms with Gasteiger partial charge in [0, 0.05) is 34.2 Å². The average molecular weight is 507 g/mol. The number of hydrogen-bond donors (Lipinski definition) is 3. The monoisotopic (exact) mass is 506 g/mol. The number of benzene rings is 3. The van der Waals surface area contributed by atoms with Gasteiger partial charge >= 0.3 is 0 Å². The molecule has 1 amide bonds. The van der Waals surface area contributed by atoms with E-state index in [0.717, 1.165) is 34.5 Å². The summed E-state index contributed by atoms with van der Waals surface area (Å²) in [4.78, 5) is 25.4. The lowest BCUT2D eigenvalue weighted by Crippen LogP contribution is -2.17. The molecule has 186 valence electrons. The molecule has 1 aliphatic rings. The van der Waals surface area contributed by atoms with Gasteiger partial charge in [0.1, 0.15) is 5.75 Å². The van der Waals surface area contributed by atoms with Crippen molar-refractivity contribution in [3.05, 3.63) is 76.4 Å². The summed E-state index contributed by atoms with van der Waals surface area (Å²) in [5.74, 6) is -0.118. The smallest absolute Gasteiger partial charge is 0.252 e. The highest BCUT2D eigenvalue weighted by Gasteiger charge is 2.25. The molecule has 3 aromatic carbocycles. The van der Waals surface area contributed by atoms with Crippen molar-refractivity contribution in [1.29, 1.82) is 0 Å². The maximum Gasteiger partial charge on any atom is 0.252 e. The van der Waals surface area contributed by atoms with Crippen LogP contribution < -0.4 is 10.5 Å². The van der Waals surface area contributed by atoms with E-state index in [0.29, 0.717) is 29.5 Å². The fourth-order valence-corrected chi connectivity index (χ4v) is 4.73. The van der Waals surface area contributed by atoms with E-state index in [1.165, 1.54) is 5.56 Å². The third-order valence-electron chi connectivity index (χ3n) is 6.69. The number of aromatic nitrogens is 1. The molecule has 0 unspecified atom stereocenters. The van der Waals surface area contributed by atoms with E-state index < -0.39 is 12.0 Å². The zero-order valence-electron chi connectivity index (χ0n) is 19.6. The van der Waals surface area contributed by atoms with Crippen LogP contribution in [0.3, 0.4) is 0 Å². The Labute approximate surface area is 213 Å². The number of nitrogens with two attached hydrogens (primary N) is 1. The molecule has 7 nitrogen and oxygen atoms in total. The second kappa shape index (κ2) is 9.93. The van der Waals surface area contributed by atoms with E-state index in [1.54, 1.807) is 30.5 Å². The molecule has 5 rings (SSSR count). The van der Waals surface area contributed by atoms with Gasteiger partial charge in [-0.15, -0.1) is 0 Å². The van der Waals surface area contributed by atoms with E-state index in [4.69, 9.17) is 22.1 Å². The number of hydrogen-bond acceptors (Lipinski definition) is 5. The summed E-state index contributed by atoms with van der Waals surface area (Å²) in [5.41, 5.74) is 8.39. The average Bonchev–Trinajstić information content (AvgIpc) is 3.66. The molecular formula is C28H27ClN2O5. The van der Waals surface area contributed by atoms with Crippen molar-refractivity contribution < 1.29 is 24.5 Å². The summed E-state index contributed by atoms with van der Waals surface area (Å²) in [7, 11) is 0. The number of ether oxygens (including phenoxy) is 1. The number of nitrogens with zero attached hydrogens (tertiary/aromatic N) is 1. The molecule has 1 saturated carbocycles. The Morgan fingerprint density at radius 2 is 1.89 bits per heavy atom. The van der Waals surface area contributed by atoms with Gasteiger partial charge in [-0.25, -0.2) is 0 Å². The summed E-state index contributed by atoms with van der Waals surface area (Å²) in [6.45, 7) is -0.131. The molecule has 36 heavy (non-hydrogen) atoms. The van der Waals surface area contributed by atoms with Crippen LogP contribution in [0.4, 0.5) is 0 Å². The maximum absolute atomic E-state index is 13.3. The molecule has 1 aromatic heterocycles. The number of primary amides is 1. The lowest BCUT2D eigenvalue weighted by atomic mass is 10.0. The first-order valence-electron chi connectivity index (χ1n) is 11.9. The topological polar surface area (TPSA) is 115 Å². The van der Waals surface area contributed by atoms with Crippen LogP contribution >= 0.6 is 11.6 Å². The first-order valence-corrected chi connectivity index (χ1v) is 12.3. The predicted molar refractivity (Wildman–Crippen MR) is 139 cm³/mol. The fourth-order valence-electron chi connectivity index (χ4n) is 4.55. The van der Waals surface area contributed by atoms with Crippen molar-refractivity contribution in [1.82, 2.24) is 4.57 Å². The van der Waals surface area contributed by atoms with Crippen LogP contribution in [-0.4, -0.2) is 45.8 Å². The predicted octanol–water partition coefficient (Wildman–Crippen LogP) is 4.43. The molecule has 1 aliphatic carbocycles.